The molecule has 6 rings (SSSR count). The van der Waals surface area contributed by atoms with Gasteiger partial charge in [0.25, 0.3) is 0 Å². The second-order valence-corrected chi connectivity index (χ2v) is 10.0. The van der Waals surface area contributed by atoms with Gasteiger partial charge in [-0.1, -0.05) is 6.07 Å². The molecule has 1 aliphatic heterocycles. The van der Waals surface area contributed by atoms with Crippen LogP contribution in [-0.2, 0) is 0 Å². The zero-order valence-electron chi connectivity index (χ0n) is 20.8. The van der Waals surface area contributed by atoms with E-state index in [0.29, 0.717) is 23.7 Å². The van der Waals surface area contributed by atoms with Crippen LogP contribution in [0.1, 0.15) is 16.8 Å². The minimum absolute atomic E-state index is 0.000364. The van der Waals surface area contributed by atoms with Gasteiger partial charge in [0, 0.05) is 64.5 Å². The van der Waals surface area contributed by atoms with Gasteiger partial charge in [0.05, 0.1) is 0 Å². The summed E-state index contributed by atoms with van der Waals surface area (Å²) in [6, 6.07) is 15.8. The van der Waals surface area contributed by atoms with Crippen molar-refractivity contribution in [3.8, 4) is 16.5 Å². The molecule has 196 valence electrons. The Bertz CT molecular complexity index is 1610. The van der Waals surface area contributed by atoms with Gasteiger partial charge in [0.15, 0.2) is 6.10 Å². The Balaban J connectivity index is 1.15. The first-order chi connectivity index (χ1) is 19.1. The molecule has 2 atom stereocenters. The maximum Gasteiger partial charge on any atom is 0.326 e. The molecule has 2 unspecified atom stereocenters. The third-order valence-corrected chi connectivity index (χ3v) is 7.40. The number of ether oxygens (including phenoxy) is 1. The summed E-state index contributed by atoms with van der Waals surface area (Å²) >= 11 is 1.42. The van der Waals surface area contributed by atoms with E-state index in [2.05, 4.69) is 35.9 Å². The van der Waals surface area contributed by atoms with Crippen molar-refractivity contribution in [3.05, 3.63) is 84.1 Å². The number of carbonyl (C=O) groups is 2. The normalized spacial score (nSPS) is 15.6. The lowest BCUT2D eigenvalue weighted by molar-refractivity contribution is 0.0683. The fourth-order valence-corrected chi connectivity index (χ4v) is 5.33. The number of H-pyrrole nitrogens is 1. The third-order valence-electron chi connectivity index (χ3n) is 6.51. The minimum Gasteiger partial charge on any atom is -0.466 e. The highest BCUT2D eigenvalue weighted by Gasteiger charge is 2.33. The highest BCUT2D eigenvalue weighted by molar-refractivity contribution is 7.13. The molecule has 1 aromatic carbocycles. The summed E-state index contributed by atoms with van der Waals surface area (Å²) in [5.41, 5.74) is 2.48. The summed E-state index contributed by atoms with van der Waals surface area (Å²) in [4.78, 5) is 42.3. The Morgan fingerprint density at radius 1 is 1.03 bits per heavy atom. The van der Waals surface area contributed by atoms with Crippen molar-refractivity contribution in [2.45, 2.75) is 12.5 Å². The van der Waals surface area contributed by atoms with Crippen molar-refractivity contribution >= 4 is 45.7 Å². The Morgan fingerprint density at radius 3 is 2.74 bits per heavy atom. The summed E-state index contributed by atoms with van der Waals surface area (Å²) in [5.74, 6) is 0.877. The molecule has 1 aliphatic rings. The molecule has 0 aliphatic carbocycles. The van der Waals surface area contributed by atoms with Crippen molar-refractivity contribution in [2.75, 3.05) is 23.7 Å². The minimum atomic E-state index is -0.713. The standard InChI is InChI=1S/C28H25N7O3S/c36-25(19-4-5-21-18(14-19)9-13-31-21)26(20-8-12-30-15-20)38-24-3-1-2-22(32-24)34-28(37)35-23-16-39-27(33-23)17-6-10-29-11-7-17/h1-7,9-11,13-14,16,20,26,30-31H,8,12,15H2,(H2,32,34,35,37). The van der Waals surface area contributed by atoms with Gasteiger partial charge in [-0.2, -0.15) is 4.98 Å². The number of aromatic nitrogens is 4. The van der Waals surface area contributed by atoms with Crippen LogP contribution in [0.3, 0.4) is 0 Å². The fourth-order valence-electron chi connectivity index (χ4n) is 4.57. The van der Waals surface area contributed by atoms with Crippen molar-refractivity contribution in [1.29, 1.82) is 0 Å². The number of pyridine rings is 2. The number of Topliss-reactive ketones (excluding diaryl/α,β-unsaturated/α-hetero) is 1. The molecule has 5 aromatic rings. The number of anilines is 2. The van der Waals surface area contributed by atoms with E-state index in [-0.39, 0.29) is 17.6 Å². The van der Waals surface area contributed by atoms with Crippen molar-refractivity contribution in [3.63, 3.8) is 0 Å². The molecule has 4 aromatic heterocycles. The van der Waals surface area contributed by atoms with Crippen molar-refractivity contribution < 1.29 is 14.3 Å². The molecule has 0 radical (unpaired) electrons. The molecule has 1 saturated heterocycles. The van der Waals surface area contributed by atoms with Gasteiger partial charge >= 0.3 is 6.03 Å². The Hall–Kier alpha value is -4.61. The van der Waals surface area contributed by atoms with E-state index >= 15 is 0 Å². The average Bonchev–Trinajstić information content (AvgIpc) is 3.74. The number of ketones is 1. The molecular weight excluding hydrogens is 514 g/mol. The molecule has 10 nitrogen and oxygen atoms in total. The number of rotatable bonds is 8. The topological polar surface area (TPSA) is 134 Å². The zero-order valence-corrected chi connectivity index (χ0v) is 21.6. The van der Waals surface area contributed by atoms with Gasteiger partial charge in [-0.3, -0.25) is 20.4 Å². The smallest absolute Gasteiger partial charge is 0.326 e. The van der Waals surface area contributed by atoms with E-state index in [4.69, 9.17) is 4.74 Å². The lowest BCUT2D eigenvalue weighted by Crippen LogP contribution is -2.37. The molecule has 39 heavy (non-hydrogen) atoms. The maximum atomic E-state index is 13.6. The largest absolute Gasteiger partial charge is 0.466 e. The summed E-state index contributed by atoms with van der Waals surface area (Å²) in [7, 11) is 0. The number of benzene rings is 1. The first-order valence-corrected chi connectivity index (χ1v) is 13.4. The van der Waals surface area contributed by atoms with Crippen LogP contribution in [0.2, 0.25) is 0 Å². The molecule has 0 bridgehead atoms. The van der Waals surface area contributed by atoms with Gasteiger partial charge in [-0.05, 0) is 55.4 Å². The number of aromatic amines is 1. The number of urea groups is 1. The number of hydrogen-bond acceptors (Lipinski definition) is 8. The van der Waals surface area contributed by atoms with Crippen LogP contribution in [-0.4, -0.2) is 50.9 Å². The van der Waals surface area contributed by atoms with E-state index in [0.717, 1.165) is 34.4 Å². The monoisotopic (exact) mass is 539 g/mol. The first kappa shape index (κ1) is 24.7. The number of fused-ring (bicyclic) bond motifs is 1. The van der Waals surface area contributed by atoms with Crippen LogP contribution in [0.15, 0.2) is 78.6 Å². The van der Waals surface area contributed by atoms with E-state index in [1.807, 2.05) is 42.6 Å². The van der Waals surface area contributed by atoms with Gasteiger partial charge < -0.3 is 15.0 Å². The quantitative estimate of drug-likeness (QED) is 0.205. The first-order valence-electron chi connectivity index (χ1n) is 12.5. The molecule has 1 fully saturated rings. The van der Waals surface area contributed by atoms with Crippen LogP contribution < -0.4 is 20.7 Å². The second-order valence-electron chi connectivity index (χ2n) is 9.15. The zero-order chi connectivity index (χ0) is 26.6. The Kier molecular flexibility index (Phi) is 6.98. The molecule has 0 spiro atoms. The van der Waals surface area contributed by atoms with Gasteiger partial charge in [-0.15, -0.1) is 11.3 Å². The molecule has 5 heterocycles. The average molecular weight is 540 g/mol. The Labute approximate surface area is 227 Å². The van der Waals surface area contributed by atoms with Crippen molar-refractivity contribution in [2.24, 2.45) is 5.92 Å². The lowest BCUT2D eigenvalue weighted by Gasteiger charge is -2.23. The van der Waals surface area contributed by atoms with Crippen LogP contribution in [0, 0.1) is 5.92 Å². The maximum absolute atomic E-state index is 13.6. The van der Waals surface area contributed by atoms with E-state index in [1.54, 1.807) is 36.0 Å². The SMILES string of the molecule is O=C(Nc1cccc(OC(C(=O)c2ccc3[nH]ccc3c2)C2CCNC2)n1)Nc1csc(-c2ccncc2)n1. The van der Waals surface area contributed by atoms with E-state index in [9.17, 15) is 9.59 Å². The summed E-state index contributed by atoms with van der Waals surface area (Å²) in [5, 5.41) is 12.3. The summed E-state index contributed by atoms with van der Waals surface area (Å²) in [6.45, 7) is 1.50. The predicted molar refractivity (Wildman–Crippen MR) is 150 cm³/mol. The van der Waals surface area contributed by atoms with Crippen molar-refractivity contribution in [1.82, 2.24) is 25.3 Å². The van der Waals surface area contributed by atoms with Gasteiger partial charge in [-0.25, -0.2) is 9.78 Å². The van der Waals surface area contributed by atoms with Crippen LogP contribution in [0.5, 0.6) is 5.88 Å². The van der Waals surface area contributed by atoms with Crippen LogP contribution in [0.4, 0.5) is 16.4 Å². The fraction of sp³-hybridized carbons (Fsp3) is 0.179. The Morgan fingerprint density at radius 2 is 1.90 bits per heavy atom. The number of hydrogen-bond donors (Lipinski definition) is 4. The highest BCUT2D eigenvalue weighted by atomic mass is 32.1. The van der Waals surface area contributed by atoms with Gasteiger partial charge in [0.2, 0.25) is 11.7 Å². The van der Waals surface area contributed by atoms with E-state index in [1.165, 1.54) is 11.3 Å². The summed E-state index contributed by atoms with van der Waals surface area (Å²) < 4.78 is 6.21. The number of carbonyl (C=O) groups excluding carboxylic acids is 2. The molecule has 2 amide bonds. The number of nitrogens with one attached hydrogen (secondary N) is 4. The molecule has 0 saturated carbocycles. The lowest BCUT2D eigenvalue weighted by atomic mass is 9.93. The highest BCUT2D eigenvalue weighted by Crippen LogP contribution is 2.26. The van der Waals surface area contributed by atoms with Crippen LogP contribution in [0.25, 0.3) is 21.5 Å². The molecule has 4 N–H and O–H groups in total. The second kappa shape index (κ2) is 11.0. The van der Waals surface area contributed by atoms with Gasteiger partial charge in [0.1, 0.15) is 16.6 Å². The van der Waals surface area contributed by atoms with E-state index < -0.39 is 12.1 Å². The molecular formula is C28H25N7O3S. The molecule has 11 heteroatoms. The predicted octanol–water partition coefficient (Wildman–Crippen LogP) is 4.97. The third kappa shape index (κ3) is 5.64. The van der Waals surface area contributed by atoms with Crippen LogP contribution >= 0.6 is 11.3 Å². The number of amides is 2. The number of thiazole rings is 1. The summed E-state index contributed by atoms with van der Waals surface area (Å²) in [6.07, 6.45) is 5.34. The number of nitrogens with zero attached hydrogens (tertiary/aromatic N) is 3.